The van der Waals surface area contributed by atoms with Gasteiger partial charge in [0.25, 0.3) is 0 Å². The first kappa shape index (κ1) is 22.9. The van der Waals surface area contributed by atoms with E-state index in [2.05, 4.69) is 28.0 Å². The molecule has 0 fully saturated rings. The topological polar surface area (TPSA) is 46.4 Å². The Morgan fingerprint density at radius 1 is 0.886 bits per heavy atom. The molecule has 2 aromatic heterocycles. The van der Waals surface area contributed by atoms with Crippen molar-refractivity contribution in [2.45, 2.75) is 25.8 Å². The number of nitrogens with zero attached hydrogens (tertiary/aromatic N) is 2. The number of hydrogen-bond donors (Lipinski definition) is 1. The van der Waals surface area contributed by atoms with Crippen molar-refractivity contribution >= 4 is 23.2 Å². The summed E-state index contributed by atoms with van der Waals surface area (Å²) >= 11 is 6.47. The third-order valence-corrected chi connectivity index (χ3v) is 6.55. The van der Waals surface area contributed by atoms with Gasteiger partial charge in [0, 0.05) is 28.8 Å². The minimum absolute atomic E-state index is 0.0116. The summed E-state index contributed by atoms with van der Waals surface area (Å²) in [6, 6.07) is 31.9. The van der Waals surface area contributed by atoms with E-state index in [4.69, 9.17) is 16.6 Å². The van der Waals surface area contributed by atoms with E-state index in [1.54, 1.807) is 0 Å². The molecule has 0 radical (unpaired) electrons. The van der Waals surface area contributed by atoms with Crippen LogP contribution < -0.4 is 5.32 Å². The Balaban J connectivity index is 1.47. The first-order chi connectivity index (χ1) is 17.1. The lowest BCUT2D eigenvalue weighted by atomic mass is 10.1. The molecule has 0 aliphatic heterocycles. The van der Waals surface area contributed by atoms with Gasteiger partial charge in [-0.25, -0.2) is 4.98 Å². The molecule has 5 aromatic rings. The average molecular weight is 480 g/mol. The van der Waals surface area contributed by atoms with Crippen molar-refractivity contribution in [3.63, 3.8) is 0 Å². The molecule has 0 spiro atoms. The summed E-state index contributed by atoms with van der Waals surface area (Å²) < 4.78 is 2.09. The average Bonchev–Trinajstić information content (AvgIpc) is 3.26. The fraction of sp³-hybridized carbons (Fsp3) is 0.133. The monoisotopic (exact) mass is 479 g/mol. The summed E-state index contributed by atoms with van der Waals surface area (Å²) in [4.78, 5) is 17.8. The minimum Gasteiger partial charge on any atom is -0.350 e. The number of carbonyl (C=O) groups excluding carboxylic acids is 1. The number of imidazole rings is 1. The zero-order valence-corrected chi connectivity index (χ0v) is 20.2. The maximum absolute atomic E-state index is 12.9. The number of nitrogens with one attached hydrogen (secondary N) is 1. The third-order valence-electron chi connectivity index (χ3n) is 6.22. The number of aromatic nitrogens is 2. The number of fused-ring (bicyclic) bond motifs is 1. The quantitative estimate of drug-likeness (QED) is 0.270. The standard InChI is InChI=1S/C30H26ClN3O/c1-21(22-10-4-2-5-11-22)32-29(35)19-17-27-30(23-12-6-3-7-13-23)33-28-18-16-24(20-34(27)28)25-14-8-9-15-26(25)31/h2-16,18,20-21H,17,19H2,1H3,(H,32,35). The van der Waals surface area contributed by atoms with Gasteiger partial charge in [-0.3, -0.25) is 4.79 Å². The van der Waals surface area contributed by atoms with Crippen molar-refractivity contribution in [2.75, 3.05) is 0 Å². The Kier molecular flexibility index (Phi) is 6.64. The van der Waals surface area contributed by atoms with Crippen LogP contribution in [0, 0.1) is 0 Å². The van der Waals surface area contributed by atoms with Crippen LogP contribution in [0.4, 0.5) is 0 Å². The predicted molar refractivity (Wildman–Crippen MR) is 142 cm³/mol. The summed E-state index contributed by atoms with van der Waals surface area (Å²) in [5.41, 5.74) is 6.82. The van der Waals surface area contributed by atoms with Crippen molar-refractivity contribution in [3.05, 3.63) is 120 Å². The lowest BCUT2D eigenvalue weighted by Gasteiger charge is -2.14. The van der Waals surface area contributed by atoms with Crippen molar-refractivity contribution in [2.24, 2.45) is 0 Å². The van der Waals surface area contributed by atoms with Gasteiger partial charge in [-0.05, 0) is 42.7 Å². The molecule has 0 saturated carbocycles. The highest BCUT2D eigenvalue weighted by atomic mass is 35.5. The van der Waals surface area contributed by atoms with Crippen molar-refractivity contribution < 1.29 is 4.79 Å². The molecule has 35 heavy (non-hydrogen) atoms. The molecule has 0 bridgehead atoms. The highest BCUT2D eigenvalue weighted by Crippen LogP contribution is 2.31. The van der Waals surface area contributed by atoms with E-state index >= 15 is 0 Å². The van der Waals surface area contributed by atoms with Crippen LogP contribution in [-0.4, -0.2) is 15.3 Å². The second-order valence-corrected chi connectivity index (χ2v) is 9.01. The first-order valence-corrected chi connectivity index (χ1v) is 12.1. The third kappa shape index (κ3) is 4.98. The second-order valence-electron chi connectivity index (χ2n) is 8.60. The van der Waals surface area contributed by atoms with Crippen LogP contribution in [0.15, 0.2) is 103 Å². The Morgan fingerprint density at radius 2 is 1.57 bits per heavy atom. The number of rotatable bonds is 7. The van der Waals surface area contributed by atoms with Crippen LogP contribution in [0.5, 0.6) is 0 Å². The van der Waals surface area contributed by atoms with Gasteiger partial charge in [0.15, 0.2) is 0 Å². The smallest absolute Gasteiger partial charge is 0.220 e. The summed E-state index contributed by atoms with van der Waals surface area (Å²) in [5, 5.41) is 3.82. The molecule has 3 aromatic carbocycles. The van der Waals surface area contributed by atoms with E-state index in [-0.39, 0.29) is 11.9 Å². The summed E-state index contributed by atoms with van der Waals surface area (Å²) in [5.74, 6) is 0.0116. The molecular weight excluding hydrogens is 454 g/mol. The SMILES string of the molecule is CC(NC(=O)CCc1c(-c2ccccc2)nc2ccc(-c3ccccc3Cl)cn12)c1ccccc1. The molecule has 2 heterocycles. The molecule has 1 atom stereocenters. The largest absolute Gasteiger partial charge is 0.350 e. The number of hydrogen-bond acceptors (Lipinski definition) is 2. The number of benzene rings is 3. The Bertz CT molecular complexity index is 1460. The maximum Gasteiger partial charge on any atom is 0.220 e. The highest BCUT2D eigenvalue weighted by molar-refractivity contribution is 6.33. The fourth-order valence-corrected chi connectivity index (χ4v) is 4.63. The molecule has 5 rings (SSSR count). The molecule has 4 nitrogen and oxygen atoms in total. The molecule has 1 amide bonds. The lowest BCUT2D eigenvalue weighted by molar-refractivity contribution is -0.121. The first-order valence-electron chi connectivity index (χ1n) is 11.8. The molecule has 174 valence electrons. The van der Waals surface area contributed by atoms with E-state index in [9.17, 15) is 4.79 Å². The Hall–Kier alpha value is -3.89. The number of halogens is 1. The van der Waals surface area contributed by atoms with Crippen LogP contribution in [0.1, 0.15) is 30.6 Å². The van der Waals surface area contributed by atoms with E-state index in [1.165, 1.54) is 0 Å². The zero-order valence-electron chi connectivity index (χ0n) is 19.5. The molecule has 5 heteroatoms. The van der Waals surface area contributed by atoms with Gasteiger partial charge < -0.3 is 9.72 Å². The number of aryl methyl sites for hydroxylation is 1. The predicted octanol–water partition coefficient (Wildman–Crippen LogP) is 7.13. The van der Waals surface area contributed by atoms with E-state index in [1.807, 2.05) is 91.9 Å². The van der Waals surface area contributed by atoms with Crippen molar-refractivity contribution in [1.82, 2.24) is 14.7 Å². The number of amides is 1. The van der Waals surface area contributed by atoms with Crippen molar-refractivity contribution in [1.29, 1.82) is 0 Å². The van der Waals surface area contributed by atoms with Crippen LogP contribution >= 0.6 is 11.6 Å². The summed E-state index contributed by atoms with van der Waals surface area (Å²) in [6.45, 7) is 2.01. The number of carbonyl (C=O) groups is 1. The normalized spacial score (nSPS) is 11.9. The van der Waals surface area contributed by atoms with E-state index in [0.717, 1.165) is 39.3 Å². The molecule has 0 saturated heterocycles. The molecule has 1 N–H and O–H groups in total. The molecule has 1 unspecified atom stereocenters. The fourth-order valence-electron chi connectivity index (χ4n) is 4.38. The highest BCUT2D eigenvalue weighted by Gasteiger charge is 2.17. The molecule has 0 aliphatic carbocycles. The van der Waals surface area contributed by atoms with Crippen LogP contribution in [-0.2, 0) is 11.2 Å². The zero-order chi connectivity index (χ0) is 24.2. The summed E-state index contributed by atoms with van der Waals surface area (Å²) in [6.07, 6.45) is 2.99. The van der Waals surface area contributed by atoms with Gasteiger partial charge in [0.05, 0.1) is 17.4 Å². The van der Waals surface area contributed by atoms with Crippen LogP contribution in [0.3, 0.4) is 0 Å². The summed E-state index contributed by atoms with van der Waals surface area (Å²) in [7, 11) is 0. The lowest BCUT2D eigenvalue weighted by Crippen LogP contribution is -2.26. The second kappa shape index (κ2) is 10.2. The van der Waals surface area contributed by atoms with Gasteiger partial charge in [-0.15, -0.1) is 0 Å². The van der Waals surface area contributed by atoms with Gasteiger partial charge in [-0.1, -0.05) is 90.5 Å². The van der Waals surface area contributed by atoms with Gasteiger partial charge >= 0.3 is 0 Å². The molecule has 0 aliphatic rings. The maximum atomic E-state index is 12.9. The number of pyridine rings is 1. The van der Waals surface area contributed by atoms with Gasteiger partial charge in [0.1, 0.15) is 5.65 Å². The van der Waals surface area contributed by atoms with Crippen LogP contribution in [0.25, 0.3) is 28.0 Å². The van der Waals surface area contributed by atoms with Crippen molar-refractivity contribution in [3.8, 4) is 22.4 Å². The van der Waals surface area contributed by atoms with Gasteiger partial charge in [0.2, 0.25) is 5.91 Å². The Labute approximate surface area is 210 Å². The van der Waals surface area contributed by atoms with E-state index < -0.39 is 0 Å². The van der Waals surface area contributed by atoms with E-state index in [0.29, 0.717) is 17.9 Å². The van der Waals surface area contributed by atoms with Crippen LogP contribution in [0.2, 0.25) is 5.02 Å². The molecular formula is C30H26ClN3O. The minimum atomic E-state index is -0.0497. The Morgan fingerprint density at radius 3 is 2.31 bits per heavy atom. The van der Waals surface area contributed by atoms with Gasteiger partial charge in [-0.2, -0.15) is 0 Å².